The summed E-state index contributed by atoms with van der Waals surface area (Å²) in [6.45, 7) is 0. The monoisotopic (exact) mass is 188 g/mol. The first-order valence-corrected chi connectivity index (χ1v) is 4.97. The molecule has 0 aromatic heterocycles. The first-order valence-electron chi connectivity index (χ1n) is 4.97. The predicted molar refractivity (Wildman–Crippen MR) is 52.7 cm³/mol. The van der Waals surface area contributed by atoms with Crippen LogP contribution in [0.15, 0.2) is 18.2 Å². The van der Waals surface area contributed by atoms with Gasteiger partial charge < -0.3 is 4.74 Å². The molecule has 0 radical (unpaired) electrons. The van der Waals surface area contributed by atoms with E-state index >= 15 is 0 Å². The van der Waals surface area contributed by atoms with Gasteiger partial charge in [0.15, 0.2) is 5.78 Å². The summed E-state index contributed by atoms with van der Waals surface area (Å²) in [5.41, 5.74) is 2.10. The van der Waals surface area contributed by atoms with Crippen LogP contribution in [0.4, 0.5) is 0 Å². The zero-order chi connectivity index (χ0) is 9.76. The molecule has 0 amide bonds. The average molecular weight is 188 g/mol. The van der Waals surface area contributed by atoms with E-state index < -0.39 is 0 Å². The molecule has 2 aliphatic carbocycles. The molecule has 72 valence electrons. The van der Waals surface area contributed by atoms with Gasteiger partial charge in [0.1, 0.15) is 5.75 Å². The molecule has 0 N–H and O–H groups in total. The molecule has 0 bridgehead atoms. The Bertz CT molecular complexity index is 416. The molecular formula is C12H12O2. The molecule has 2 aliphatic rings. The second-order valence-corrected chi connectivity index (χ2v) is 4.31. The largest absolute Gasteiger partial charge is 0.497 e. The summed E-state index contributed by atoms with van der Waals surface area (Å²) in [5, 5.41) is 0. The van der Waals surface area contributed by atoms with Crippen LogP contribution < -0.4 is 4.74 Å². The maximum absolute atomic E-state index is 12.0. The molecule has 0 heterocycles. The van der Waals surface area contributed by atoms with Crippen molar-refractivity contribution in [3.05, 3.63) is 29.3 Å². The van der Waals surface area contributed by atoms with Crippen molar-refractivity contribution in [2.45, 2.75) is 19.3 Å². The smallest absolute Gasteiger partial charge is 0.169 e. The molecule has 2 heteroatoms. The summed E-state index contributed by atoms with van der Waals surface area (Å²) < 4.78 is 5.12. The highest BCUT2D eigenvalue weighted by molar-refractivity contribution is 6.06. The normalized spacial score (nSPS) is 21.1. The Labute approximate surface area is 82.9 Å². The molecule has 2 nitrogen and oxygen atoms in total. The number of hydrogen-bond acceptors (Lipinski definition) is 2. The van der Waals surface area contributed by atoms with Crippen molar-refractivity contribution in [2.75, 3.05) is 7.11 Å². The summed E-state index contributed by atoms with van der Waals surface area (Å²) in [6, 6.07) is 5.84. The third-order valence-corrected chi connectivity index (χ3v) is 3.43. The van der Waals surface area contributed by atoms with E-state index in [1.807, 2.05) is 18.2 Å². The van der Waals surface area contributed by atoms with Crippen molar-refractivity contribution in [1.82, 2.24) is 0 Å². The molecular weight excluding hydrogens is 176 g/mol. The van der Waals surface area contributed by atoms with E-state index in [0.29, 0.717) is 5.78 Å². The quantitative estimate of drug-likeness (QED) is 0.675. The van der Waals surface area contributed by atoms with E-state index in [2.05, 4.69) is 0 Å². The summed E-state index contributed by atoms with van der Waals surface area (Å²) in [6.07, 6.45) is 3.09. The van der Waals surface area contributed by atoms with E-state index in [4.69, 9.17) is 4.74 Å². The van der Waals surface area contributed by atoms with E-state index in [1.165, 1.54) is 5.56 Å². The van der Waals surface area contributed by atoms with Gasteiger partial charge in [-0.25, -0.2) is 0 Å². The van der Waals surface area contributed by atoms with Gasteiger partial charge in [-0.3, -0.25) is 4.79 Å². The first-order chi connectivity index (χ1) is 6.75. The number of methoxy groups -OCH3 is 1. The van der Waals surface area contributed by atoms with Gasteiger partial charge in [0.25, 0.3) is 0 Å². The second kappa shape index (κ2) is 2.38. The lowest BCUT2D eigenvalue weighted by atomic mass is 10.0. The van der Waals surface area contributed by atoms with Crippen molar-refractivity contribution in [1.29, 1.82) is 0 Å². The first kappa shape index (κ1) is 8.04. The number of benzene rings is 1. The number of rotatable bonds is 1. The fourth-order valence-corrected chi connectivity index (χ4v) is 2.33. The van der Waals surface area contributed by atoms with Crippen molar-refractivity contribution in [3.63, 3.8) is 0 Å². The molecule has 3 rings (SSSR count). The van der Waals surface area contributed by atoms with Crippen LogP contribution in [0.2, 0.25) is 0 Å². The molecule has 0 atom stereocenters. The van der Waals surface area contributed by atoms with Crippen molar-refractivity contribution in [2.24, 2.45) is 5.41 Å². The predicted octanol–water partition coefficient (Wildman–Crippen LogP) is 2.21. The summed E-state index contributed by atoms with van der Waals surface area (Å²) >= 11 is 0. The number of hydrogen-bond donors (Lipinski definition) is 0. The summed E-state index contributed by atoms with van der Waals surface area (Å²) in [7, 11) is 1.63. The number of carbonyl (C=O) groups is 1. The van der Waals surface area contributed by atoms with Crippen LogP contribution in [0.3, 0.4) is 0 Å². The Hall–Kier alpha value is -1.31. The van der Waals surface area contributed by atoms with Gasteiger partial charge in [-0.05, 0) is 37.0 Å². The lowest BCUT2D eigenvalue weighted by Gasteiger charge is -2.01. The molecule has 14 heavy (non-hydrogen) atoms. The maximum atomic E-state index is 12.0. The molecule has 1 fully saturated rings. The topological polar surface area (TPSA) is 26.3 Å². The highest BCUT2D eigenvalue weighted by Gasteiger charge is 2.54. The third-order valence-electron chi connectivity index (χ3n) is 3.43. The number of fused-ring (bicyclic) bond motifs is 1. The summed E-state index contributed by atoms with van der Waals surface area (Å²) in [4.78, 5) is 12.0. The van der Waals surface area contributed by atoms with Gasteiger partial charge in [0.2, 0.25) is 0 Å². The molecule has 0 aliphatic heterocycles. The van der Waals surface area contributed by atoms with E-state index in [9.17, 15) is 4.79 Å². The fourth-order valence-electron chi connectivity index (χ4n) is 2.33. The second-order valence-electron chi connectivity index (χ2n) is 4.31. The Morgan fingerprint density at radius 3 is 2.79 bits per heavy atom. The number of Topliss-reactive ketones (excluding diaryl/α,β-unsaturated/α-hetero) is 1. The van der Waals surface area contributed by atoms with Gasteiger partial charge in [-0.2, -0.15) is 0 Å². The SMILES string of the molecule is COc1ccc2c(c1)C(=O)C1(CC1)C2. The molecule has 1 aromatic rings. The number of ketones is 1. The molecule has 0 unspecified atom stereocenters. The highest BCUT2D eigenvalue weighted by atomic mass is 16.5. The Morgan fingerprint density at radius 2 is 2.14 bits per heavy atom. The minimum absolute atomic E-state index is 0.00863. The van der Waals surface area contributed by atoms with Gasteiger partial charge in [-0.1, -0.05) is 6.07 Å². The van der Waals surface area contributed by atoms with Gasteiger partial charge in [0, 0.05) is 11.0 Å². The van der Waals surface area contributed by atoms with E-state index in [1.54, 1.807) is 7.11 Å². The van der Waals surface area contributed by atoms with E-state index in [0.717, 1.165) is 30.6 Å². The zero-order valence-electron chi connectivity index (χ0n) is 8.17. The van der Waals surface area contributed by atoms with Gasteiger partial charge in [0.05, 0.1) is 7.11 Å². The highest BCUT2D eigenvalue weighted by Crippen LogP contribution is 2.55. The van der Waals surface area contributed by atoms with Crippen molar-refractivity contribution < 1.29 is 9.53 Å². The zero-order valence-corrected chi connectivity index (χ0v) is 8.17. The standard InChI is InChI=1S/C12H12O2/c1-14-9-3-2-8-7-12(4-5-12)11(13)10(8)6-9/h2-3,6H,4-5,7H2,1H3. The average Bonchev–Trinajstić information content (AvgIpc) is 2.92. The van der Waals surface area contributed by atoms with Crippen LogP contribution in [0, 0.1) is 5.41 Å². The van der Waals surface area contributed by atoms with Crippen LogP contribution in [-0.4, -0.2) is 12.9 Å². The minimum atomic E-state index is 0.00863. The Morgan fingerprint density at radius 1 is 1.36 bits per heavy atom. The molecule has 1 saturated carbocycles. The molecule has 1 aromatic carbocycles. The fraction of sp³-hybridized carbons (Fsp3) is 0.417. The van der Waals surface area contributed by atoms with Gasteiger partial charge in [-0.15, -0.1) is 0 Å². The van der Waals surface area contributed by atoms with Crippen LogP contribution in [0.25, 0.3) is 0 Å². The molecule has 1 spiro atoms. The van der Waals surface area contributed by atoms with Crippen LogP contribution in [0.5, 0.6) is 5.75 Å². The third kappa shape index (κ3) is 0.884. The van der Waals surface area contributed by atoms with Gasteiger partial charge >= 0.3 is 0 Å². The Balaban J connectivity index is 2.10. The number of carbonyl (C=O) groups excluding carboxylic acids is 1. The molecule has 0 saturated heterocycles. The maximum Gasteiger partial charge on any atom is 0.169 e. The van der Waals surface area contributed by atoms with Crippen LogP contribution in [0.1, 0.15) is 28.8 Å². The summed E-state index contributed by atoms with van der Waals surface area (Å²) in [5.74, 6) is 1.13. The van der Waals surface area contributed by atoms with E-state index in [-0.39, 0.29) is 5.41 Å². The minimum Gasteiger partial charge on any atom is -0.497 e. The Kier molecular flexibility index (Phi) is 1.37. The lowest BCUT2D eigenvalue weighted by molar-refractivity contribution is 0.0919. The van der Waals surface area contributed by atoms with Crippen LogP contribution in [-0.2, 0) is 6.42 Å². The lowest BCUT2D eigenvalue weighted by Crippen LogP contribution is -2.08. The van der Waals surface area contributed by atoms with Crippen LogP contribution >= 0.6 is 0 Å². The van der Waals surface area contributed by atoms with Crippen molar-refractivity contribution >= 4 is 5.78 Å². The number of ether oxygens (including phenoxy) is 1. The van der Waals surface area contributed by atoms with Crippen molar-refractivity contribution in [3.8, 4) is 5.75 Å².